The monoisotopic (exact) mass is 216 g/mol. The molecule has 0 saturated heterocycles. The van der Waals surface area contributed by atoms with Crippen molar-refractivity contribution in [2.45, 2.75) is 13.3 Å². The molecule has 1 heterocycles. The van der Waals surface area contributed by atoms with Crippen molar-refractivity contribution in [1.82, 2.24) is 4.98 Å². The van der Waals surface area contributed by atoms with E-state index in [9.17, 15) is 0 Å². The van der Waals surface area contributed by atoms with Crippen LogP contribution in [0.1, 0.15) is 15.6 Å². The molecule has 0 aromatic carbocycles. The van der Waals surface area contributed by atoms with E-state index in [1.54, 1.807) is 18.4 Å². The van der Waals surface area contributed by atoms with Gasteiger partial charge in [0.1, 0.15) is 4.99 Å². The van der Waals surface area contributed by atoms with E-state index in [0.717, 1.165) is 22.0 Å². The number of thiazole rings is 1. The first-order chi connectivity index (χ1) is 6.15. The highest BCUT2D eigenvalue weighted by molar-refractivity contribution is 7.81. The fraction of sp³-hybridized carbons (Fsp3) is 0.500. The first-order valence-corrected chi connectivity index (χ1v) is 5.12. The summed E-state index contributed by atoms with van der Waals surface area (Å²) >= 11 is 6.44. The second-order valence-electron chi connectivity index (χ2n) is 2.63. The van der Waals surface area contributed by atoms with E-state index in [2.05, 4.69) is 4.98 Å². The molecule has 0 radical (unpaired) electrons. The van der Waals surface area contributed by atoms with Gasteiger partial charge in [-0.2, -0.15) is 0 Å². The van der Waals surface area contributed by atoms with Crippen LogP contribution in [-0.2, 0) is 11.2 Å². The molecule has 1 aromatic rings. The zero-order chi connectivity index (χ0) is 9.84. The van der Waals surface area contributed by atoms with Crippen molar-refractivity contribution >= 4 is 28.5 Å². The normalized spacial score (nSPS) is 10.3. The Balaban J connectivity index is 2.76. The van der Waals surface area contributed by atoms with Crippen molar-refractivity contribution in [3.8, 4) is 0 Å². The Morgan fingerprint density at radius 3 is 2.85 bits per heavy atom. The van der Waals surface area contributed by atoms with Crippen LogP contribution in [0.25, 0.3) is 0 Å². The summed E-state index contributed by atoms with van der Waals surface area (Å²) in [6.45, 7) is 2.60. The number of ether oxygens (including phenoxy) is 1. The molecule has 0 aliphatic rings. The largest absolute Gasteiger partial charge is 0.389 e. The molecule has 5 heteroatoms. The highest BCUT2D eigenvalue weighted by Crippen LogP contribution is 2.18. The fourth-order valence-electron chi connectivity index (χ4n) is 0.977. The number of nitrogens with zero attached hydrogens (tertiary/aromatic N) is 1. The number of aromatic nitrogens is 1. The lowest BCUT2D eigenvalue weighted by atomic mass is 10.4. The summed E-state index contributed by atoms with van der Waals surface area (Å²) in [5, 5.41) is 1.03. The number of rotatable bonds is 4. The predicted molar refractivity (Wildman–Crippen MR) is 58.3 cm³/mol. The number of thiocarbonyl (C=S) groups is 1. The Labute approximate surface area is 86.9 Å². The van der Waals surface area contributed by atoms with Crippen molar-refractivity contribution in [3.05, 3.63) is 15.6 Å². The minimum Gasteiger partial charge on any atom is -0.389 e. The molecule has 2 N–H and O–H groups in total. The maximum Gasteiger partial charge on any atom is 0.116 e. The number of nitrogens with two attached hydrogens (primary N) is 1. The quantitative estimate of drug-likeness (QED) is 0.770. The van der Waals surface area contributed by atoms with E-state index in [0.29, 0.717) is 11.6 Å². The maximum atomic E-state index is 5.53. The molecule has 0 saturated carbocycles. The lowest BCUT2D eigenvalue weighted by Gasteiger charge is -1.92. The number of methoxy groups -OCH3 is 1. The summed E-state index contributed by atoms with van der Waals surface area (Å²) in [5.74, 6) is 0. The molecule has 1 rings (SSSR count). The van der Waals surface area contributed by atoms with Crippen LogP contribution < -0.4 is 5.73 Å². The third-order valence-electron chi connectivity index (χ3n) is 1.58. The Morgan fingerprint density at radius 1 is 1.69 bits per heavy atom. The lowest BCUT2D eigenvalue weighted by molar-refractivity contribution is 0.202. The van der Waals surface area contributed by atoms with Gasteiger partial charge in [0.15, 0.2) is 0 Å². The van der Waals surface area contributed by atoms with Crippen LogP contribution in [0, 0.1) is 6.92 Å². The number of hydrogen-bond donors (Lipinski definition) is 1. The zero-order valence-corrected chi connectivity index (χ0v) is 9.30. The van der Waals surface area contributed by atoms with Crippen LogP contribution in [0.4, 0.5) is 0 Å². The van der Waals surface area contributed by atoms with Gasteiger partial charge in [-0.25, -0.2) is 4.98 Å². The van der Waals surface area contributed by atoms with Crippen LogP contribution in [-0.4, -0.2) is 23.7 Å². The Morgan fingerprint density at radius 2 is 2.38 bits per heavy atom. The van der Waals surface area contributed by atoms with Crippen LogP contribution in [0.2, 0.25) is 0 Å². The van der Waals surface area contributed by atoms with E-state index in [-0.39, 0.29) is 0 Å². The molecule has 13 heavy (non-hydrogen) atoms. The predicted octanol–water partition coefficient (Wildman–Crippen LogP) is 1.27. The SMILES string of the molecule is COCCc1nc(C)c(C(N)=S)s1. The van der Waals surface area contributed by atoms with Crippen molar-refractivity contribution < 1.29 is 4.74 Å². The van der Waals surface area contributed by atoms with Crippen LogP contribution in [0.5, 0.6) is 0 Å². The van der Waals surface area contributed by atoms with Crippen molar-refractivity contribution in [3.63, 3.8) is 0 Å². The molecule has 0 spiro atoms. The molecule has 0 unspecified atom stereocenters. The van der Waals surface area contributed by atoms with Gasteiger partial charge in [-0.3, -0.25) is 0 Å². The third-order valence-corrected chi connectivity index (χ3v) is 3.17. The van der Waals surface area contributed by atoms with E-state index in [1.165, 1.54) is 0 Å². The van der Waals surface area contributed by atoms with E-state index in [1.807, 2.05) is 6.92 Å². The minimum absolute atomic E-state index is 0.429. The van der Waals surface area contributed by atoms with Gasteiger partial charge in [0, 0.05) is 13.5 Å². The standard InChI is InChI=1S/C8H12N2OS2/c1-5-7(8(9)12)13-6(10-5)3-4-11-2/h3-4H2,1-2H3,(H2,9,12). The zero-order valence-electron chi connectivity index (χ0n) is 7.66. The Bertz CT molecular complexity index is 309. The minimum atomic E-state index is 0.429. The van der Waals surface area contributed by atoms with Gasteiger partial charge >= 0.3 is 0 Å². The average Bonchev–Trinajstić information content (AvgIpc) is 2.43. The summed E-state index contributed by atoms with van der Waals surface area (Å²) in [4.78, 5) is 5.69. The molecule has 0 aliphatic heterocycles. The lowest BCUT2D eigenvalue weighted by Crippen LogP contribution is -2.08. The Hall–Kier alpha value is -0.520. The molecule has 0 amide bonds. The van der Waals surface area contributed by atoms with Crippen molar-refractivity contribution in [2.24, 2.45) is 5.73 Å². The first-order valence-electron chi connectivity index (χ1n) is 3.90. The van der Waals surface area contributed by atoms with Crippen molar-refractivity contribution in [2.75, 3.05) is 13.7 Å². The maximum absolute atomic E-state index is 5.53. The first kappa shape index (κ1) is 10.6. The van der Waals surface area contributed by atoms with E-state index < -0.39 is 0 Å². The average molecular weight is 216 g/mol. The van der Waals surface area contributed by atoms with E-state index >= 15 is 0 Å². The third kappa shape index (κ3) is 2.72. The highest BCUT2D eigenvalue weighted by Gasteiger charge is 2.08. The summed E-state index contributed by atoms with van der Waals surface area (Å²) in [6.07, 6.45) is 0.824. The van der Waals surface area contributed by atoms with Crippen LogP contribution in [0.15, 0.2) is 0 Å². The summed E-state index contributed by atoms with van der Waals surface area (Å²) < 4.78 is 4.96. The van der Waals surface area contributed by atoms with Gasteiger partial charge in [0.05, 0.1) is 22.2 Å². The molecular formula is C8H12N2OS2. The van der Waals surface area contributed by atoms with Gasteiger partial charge in [-0.1, -0.05) is 12.2 Å². The molecule has 0 aliphatic carbocycles. The van der Waals surface area contributed by atoms with Gasteiger partial charge in [-0.15, -0.1) is 11.3 Å². The Kier molecular flexibility index (Phi) is 3.77. The second-order valence-corrected chi connectivity index (χ2v) is 4.15. The van der Waals surface area contributed by atoms with Gasteiger partial charge in [-0.05, 0) is 6.92 Å². The number of aryl methyl sites for hydroxylation is 1. The number of hydrogen-bond acceptors (Lipinski definition) is 4. The topological polar surface area (TPSA) is 48.1 Å². The van der Waals surface area contributed by atoms with Crippen molar-refractivity contribution in [1.29, 1.82) is 0 Å². The molecular weight excluding hydrogens is 204 g/mol. The highest BCUT2D eigenvalue weighted by atomic mass is 32.1. The van der Waals surface area contributed by atoms with Crippen LogP contribution in [0.3, 0.4) is 0 Å². The molecule has 0 fully saturated rings. The summed E-state index contributed by atoms with van der Waals surface area (Å²) in [7, 11) is 1.68. The fourth-order valence-corrected chi connectivity index (χ4v) is 2.15. The summed E-state index contributed by atoms with van der Waals surface area (Å²) in [6, 6.07) is 0. The molecule has 0 atom stereocenters. The second kappa shape index (κ2) is 4.64. The summed E-state index contributed by atoms with van der Waals surface area (Å²) in [5.41, 5.74) is 6.45. The van der Waals surface area contributed by atoms with Gasteiger partial charge in [0.25, 0.3) is 0 Å². The smallest absolute Gasteiger partial charge is 0.116 e. The molecule has 72 valence electrons. The molecule has 0 bridgehead atoms. The van der Waals surface area contributed by atoms with Crippen LogP contribution >= 0.6 is 23.6 Å². The molecule has 1 aromatic heterocycles. The van der Waals surface area contributed by atoms with Gasteiger partial charge in [0.2, 0.25) is 0 Å². The van der Waals surface area contributed by atoms with Gasteiger partial charge < -0.3 is 10.5 Å². The van der Waals surface area contributed by atoms with E-state index in [4.69, 9.17) is 22.7 Å². The molecule has 3 nitrogen and oxygen atoms in total.